The summed E-state index contributed by atoms with van der Waals surface area (Å²) in [6, 6.07) is 6.25. The lowest BCUT2D eigenvalue weighted by Gasteiger charge is -1.90. The van der Waals surface area contributed by atoms with Gasteiger partial charge in [0.15, 0.2) is 5.13 Å². The highest BCUT2D eigenvalue weighted by atomic mass is 32.1. The third kappa shape index (κ3) is 1.06. The Morgan fingerprint density at radius 3 is 2.92 bits per heavy atom. The van der Waals surface area contributed by atoms with Crippen LogP contribution in [0.25, 0.3) is 10.2 Å². The van der Waals surface area contributed by atoms with Crippen molar-refractivity contribution in [2.75, 3.05) is 12.4 Å². The van der Waals surface area contributed by atoms with Crippen LogP contribution in [-0.4, -0.2) is 12.0 Å². The molecule has 0 saturated heterocycles. The molecule has 0 unspecified atom stereocenters. The summed E-state index contributed by atoms with van der Waals surface area (Å²) < 4.78 is 1.25. The summed E-state index contributed by atoms with van der Waals surface area (Å²) in [5.41, 5.74) is 2.36. The maximum atomic E-state index is 4.44. The van der Waals surface area contributed by atoms with Crippen molar-refractivity contribution in [1.29, 1.82) is 0 Å². The molecule has 0 spiro atoms. The number of aromatic nitrogens is 1. The van der Waals surface area contributed by atoms with Crippen molar-refractivity contribution in [3.63, 3.8) is 0 Å². The fraction of sp³-hybridized carbons (Fsp3) is 0.222. The van der Waals surface area contributed by atoms with Gasteiger partial charge >= 0.3 is 0 Å². The van der Waals surface area contributed by atoms with Crippen molar-refractivity contribution in [2.45, 2.75) is 6.92 Å². The topological polar surface area (TPSA) is 24.9 Å². The van der Waals surface area contributed by atoms with Crippen molar-refractivity contribution >= 4 is 26.7 Å². The summed E-state index contributed by atoms with van der Waals surface area (Å²) in [6.07, 6.45) is 0. The zero-order chi connectivity index (χ0) is 8.55. The quantitative estimate of drug-likeness (QED) is 0.726. The molecule has 0 saturated carbocycles. The van der Waals surface area contributed by atoms with E-state index in [0.717, 1.165) is 10.6 Å². The molecule has 0 amide bonds. The van der Waals surface area contributed by atoms with Crippen LogP contribution in [0.5, 0.6) is 0 Å². The Labute approximate surface area is 75.3 Å². The van der Waals surface area contributed by atoms with Crippen LogP contribution >= 0.6 is 11.3 Å². The summed E-state index contributed by atoms with van der Waals surface area (Å²) in [6.45, 7) is 2.08. The van der Waals surface area contributed by atoms with Crippen LogP contribution in [-0.2, 0) is 0 Å². The fourth-order valence-electron chi connectivity index (χ4n) is 1.19. The van der Waals surface area contributed by atoms with E-state index in [1.165, 1.54) is 10.3 Å². The number of fused-ring (bicyclic) bond motifs is 1. The minimum absolute atomic E-state index is 0.985. The van der Waals surface area contributed by atoms with Gasteiger partial charge in [-0.3, -0.25) is 0 Å². The van der Waals surface area contributed by atoms with E-state index in [-0.39, 0.29) is 0 Å². The largest absolute Gasteiger partial charge is 0.365 e. The molecule has 1 heterocycles. The van der Waals surface area contributed by atoms with Crippen molar-refractivity contribution in [3.8, 4) is 0 Å². The molecule has 62 valence electrons. The average molecular weight is 178 g/mol. The van der Waals surface area contributed by atoms with Crippen LogP contribution in [0.4, 0.5) is 5.13 Å². The van der Waals surface area contributed by atoms with Gasteiger partial charge in [0.2, 0.25) is 0 Å². The Kier molecular flexibility index (Phi) is 1.73. The number of nitrogens with one attached hydrogen (secondary N) is 1. The SMILES string of the molecule is CNc1nc2c(C)cccc2s1. The number of hydrogen-bond donors (Lipinski definition) is 1. The average Bonchev–Trinajstić information content (AvgIpc) is 2.49. The minimum atomic E-state index is 0.985. The van der Waals surface area contributed by atoms with Gasteiger partial charge in [0.05, 0.1) is 10.2 Å². The Morgan fingerprint density at radius 1 is 1.42 bits per heavy atom. The first kappa shape index (κ1) is 7.55. The lowest BCUT2D eigenvalue weighted by molar-refractivity contribution is 1.38. The summed E-state index contributed by atoms with van der Waals surface area (Å²) in [5, 5.41) is 4.04. The van der Waals surface area contributed by atoms with E-state index in [4.69, 9.17) is 0 Å². The molecular formula is C9H10N2S. The molecular weight excluding hydrogens is 168 g/mol. The van der Waals surface area contributed by atoms with Crippen molar-refractivity contribution in [1.82, 2.24) is 4.98 Å². The predicted molar refractivity (Wildman–Crippen MR) is 53.9 cm³/mol. The molecule has 0 atom stereocenters. The highest BCUT2D eigenvalue weighted by molar-refractivity contribution is 7.22. The first-order chi connectivity index (χ1) is 5.81. The molecule has 2 aromatic rings. The molecule has 0 aliphatic rings. The van der Waals surface area contributed by atoms with E-state index < -0.39 is 0 Å². The van der Waals surface area contributed by atoms with Crippen molar-refractivity contribution in [3.05, 3.63) is 23.8 Å². The molecule has 2 nitrogen and oxygen atoms in total. The molecule has 0 aliphatic carbocycles. The summed E-state index contributed by atoms with van der Waals surface area (Å²) in [5.74, 6) is 0. The second-order valence-electron chi connectivity index (χ2n) is 2.69. The minimum Gasteiger partial charge on any atom is -0.365 e. The fourth-order valence-corrected chi connectivity index (χ4v) is 2.09. The Bertz CT molecular complexity index is 406. The van der Waals surface area contributed by atoms with Crippen LogP contribution < -0.4 is 5.32 Å². The van der Waals surface area contributed by atoms with Crippen molar-refractivity contribution < 1.29 is 0 Å². The zero-order valence-electron chi connectivity index (χ0n) is 7.09. The zero-order valence-corrected chi connectivity index (χ0v) is 7.90. The number of anilines is 1. The predicted octanol–water partition coefficient (Wildman–Crippen LogP) is 2.65. The molecule has 2 rings (SSSR count). The second kappa shape index (κ2) is 2.75. The number of benzene rings is 1. The van der Waals surface area contributed by atoms with E-state index in [1.54, 1.807) is 11.3 Å². The Balaban J connectivity index is 2.74. The van der Waals surface area contributed by atoms with Gasteiger partial charge in [-0.1, -0.05) is 23.5 Å². The number of nitrogens with zero attached hydrogens (tertiary/aromatic N) is 1. The van der Waals surface area contributed by atoms with Gasteiger partial charge in [-0.05, 0) is 18.6 Å². The number of rotatable bonds is 1. The second-order valence-corrected chi connectivity index (χ2v) is 3.72. The molecule has 1 N–H and O–H groups in total. The summed E-state index contributed by atoms with van der Waals surface area (Å²) in [4.78, 5) is 4.44. The van der Waals surface area contributed by atoms with Gasteiger partial charge in [0.1, 0.15) is 0 Å². The molecule has 0 bridgehead atoms. The first-order valence-electron chi connectivity index (χ1n) is 3.85. The third-order valence-electron chi connectivity index (χ3n) is 1.83. The number of para-hydroxylation sites is 1. The molecule has 0 aliphatic heterocycles. The van der Waals surface area contributed by atoms with Gasteiger partial charge in [0.25, 0.3) is 0 Å². The Hall–Kier alpha value is -1.09. The number of aryl methyl sites for hydroxylation is 1. The summed E-state index contributed by atoms with van der Waals surface area (Å²) in [7, 11) is 1.90. The summed E-state index contributed by atoms with van der Waals surface area (Å²) >= 11 is 1.69. The van der Waals surface area contributed by atoms with Crippen molar-refractivity contribution in [2.24, 2.45) is 0 Å². The number of thiazole rings is 1. The monoisotopic (exact) mass is 178 g/mol. The maximum absolute atomic E-state index is 4.44. The van der Waals surface area contributed by atoms with Gasteiger partial charge in [-0.15, -0.1) is 0 Å². The first-order valence-corrected chi connectivity index (χ1v) is 4.67. The molecule has 3 heteroatoms. The van der Waals surface area contributed by atoms with E-state index >= 15 is 0 Å². The molecule has 0 fully saturated rings. The third-order valence-corrected chi connectivity index (χ3v) is 2.87. The van der Waals surface area contributed by atoms with E-state index in [1.807, 2.05) is 7.05 Å². The highest BCUT2D eigenvalue weighted by Gasteiger charge is 2.02. The maximum Gasteiger partial charge on any atom is 0.183 e. The van der Waals surface area contributed by atoms with Gasteiger partial charge in [0, 0.05) is 7.05 Å². The van der Waals surface area contributed by atoms with Crippen LogP contribution in [0.1, 0.15) is 5.56 Å². The van der Waals surface area contributed by atoms with Gasteiger partial charge < -0.3 is 5.32 Å². The molecule has 0 radical (unpaired) electrons. The van der Waals surface area contributed by atoms with E-state index in [9.17, 15) is 0 Å². The van der Waals surface area contributed by atoms with Gasteiger partial charge in [-0.25, -0.2) is 4.98 Å². The molecule has 1 aromatic carbocycles. The van der Waals surface area contributed by atoms with Crippen LogP contribution in [0, 0.1) is 6.92 Å². The molecule has 1 aromatic heterocycles. The lowest BCUT2D eigenvalue weighted by atomic mass is 10.2. The van der Waals surface area contributed by atoms with Gasteiger partial charge in [-0.2, -0.15) is 0 Å². The van der Waals surface area contributed by atoms with Crippen LogP contribution in [0.15, 0.2) is 18.2 Å². The Morgan fingerprint density at radius 2 is 2.25 bits per heavy atom. The molecule has 12 heavy (non-hydrogen) atoms. The normalized spacial score (nSPS) is 10.5. The standard InChI is InChI=1S/C9H10N2S/c1-6-4-3-5-7-8(6)11-9(10-2)12-7/h3-5H,1-2H3,(H,10,11). The smallest absolute Gasteiger partial charge is 0.183 e. The lowest BCUT2D eigenvalue weighted by Crippen LogP contribution is -1.84. The highest BCUT2D eigenvalue weighted by Crippen LogP contribution is 2.27. The van der Waals surface area contributed by atoms with E-state index in [0.29, 0.717) is 0 Å². The van der Waals surface area contributed by atoms with E-state index in [2.05, 4.69) is 35.4 Å². The van der Waals surface area contributed by atoms with Crippen LogP contribution in [0.3, 0.4) is 0 Å². The number of hydrogen-bond acceptors (Lipinski definition) is 3. The van der Waals surface area contributed by atoms with Crippen LogP contribution in [0.2, 0.25) is 0 Å².